The molecule has 0 bridgehead atoms. The van der Waals surface area contributed by atoms with Crippen molar-refractivity contribution in [2.24, 2.45) is 0 Å². The van der Waals surface area contributed by atoms with E-state index in [1.807, 2.05) is 30.3 Å². The molecule has 0 fully saturated rings. The lowest BCUT2D eigenvalue weighted by atomic mass is 10.2. The lowest BCUT2D eigenvalue weighted by Gasteiger charge is -2.13. The summed E-state index contributed by atoms with van der Waals surface area (Å²) in [6.07, 6.45) is 0. The number of hydrogen-bond acceptors (Lipinski definition) is 4. The van der Waals surface area contributed by atoms with Crippen molar-refractivity contribution < 1.29 is 14.6 Å². The van der Waals surface area contributed by atoms with Crippen LogP contribution in [0.1, 0.15) is 5.56 Å². The van der Waals surface area contributed by atoms with Gasteiger partial charge < -0.3 is 19.9 Å². The topological polar surface area (TPSA) is 50.7 Å². The molecule has 4 nitrogen and oxygen atoms in total. The van der Waals surface area contributed by atoms with E-state index in [0.29, 0.717) is 12.3 Å². The van der Waals surface area contributed by atoms with Crippen LogP contribution in [0.4, 0.5) is 5.69 Å². The molecule has 2 N–H and O–H groups in total. The second-order valence-electron chi connectivity index (χ2n) is 4.19. The van der Waals surface area contributed by atoms with Crippen LogP contribution in [-0.2, 0) is 6.54 Å². The summed E-state index contributed by atoms with van der Waals surface area (Å²) in [6.45, 7) is 0.489. The maximum Gasteiger partial charge on any atom is 0.142 e. The van der Waals surface area contributed by atoms with Crippen molar-refractivity contribution in [3.8, 4) is 17.2 Å². The monoisotopic (exact) mass is 337 g/mol. The number of phenolic OH excluding ortho intramolecular Hbond substituents is 1. The maximum absolute atomic E-state index is 9.92. The number of rotatable bonds is 5. The molecule has 2 aromatic rings. The first kappa shape index (κ1) is 14.5. The van der Waals surface area contributed by atoms with Crippen LogP contribution in [0.15, 0.2) is 40.9 Å². The van der Waals surface area contributed by atoms with Crippen molar-refractivity contribution in [3.05, 3.63) is 46.4 Å². The SMILES string of the molecule is COc1ccc(CNc2cc(Br)ccc2OC)c(O)c1. The Bertz CT molecular complexity index is 602. The zero-order valence-corrected chi connectivity index (χ0v) is 12.9. The zero-order valence-electron chi connectivity index (χ0n) is 11.3. The van der Waals surface area contributed by atoms with Crippen LogP contribution in [0.3, 0.4) is 0 Å². The summed E-state index contributed by atoms with van der Waals surface area (Å²) in [7, 11) is 3.19. The van der Waals surface area contributed by atoms with Gasteiger partial charge in [-0.1, -0.05) is 15.9 Å². The second-order valence-corrected chi connectivity index (χ2v) is 5.11. The van der Waals surface area contributed by atoms with Crippen molar-refractivity contribution >= 4 is 21.6 Å². The summed E-state index contributed by atoms with van der Waals surface area (Å²) >= 11 is 3.42. The van der Waals surface area contributed by atoms with Gasteiger partial charge in [0.25, 0.3) is 0 Å². The predicted octanol–water partition coefficient (Wildman–Crippen LogP) is 3.78. The summed E-state index contributed by atoms with van der Waals surface area (Å²) in [5, 5.41) is 13.2. The maximum atomic E-state index is 9.92. The number of halogens is 1. The van der Waals surface area contributed by atoms with E-state index in [9.17, 15) is 5.11 Å². The fraction of sp³-hybridized carbons (Fsp3) is 0.200. The molecule has 0 unspecified atom stereocenters. The normalized spacial score (nSPS) is 10.2. The first-order valence-corrected chi connectivity index (χ1v) is 6.86. The third kappa shape index (κ3) is 3.36. The third-order valence-corrected chi connectivity index (χ3v) is 3.42. The first-order valence-electron chi connectivity index (χ1n) is 6.07. The lowest BCUT2D eigenvalue weighted by Crippen LogP contribution is -2.02. The number of phenols is 1. The van der Waals surface area contributed by atoms with Crippen molar-refractivity contribution in [3.63, 3.8) is 0 Å². The van der Waals surface area contributed by atoms with Gasteiger partial charge in [0.1, 0.15) is 17.2 Å². The number of benzene rings is 2. The molecule has 0 heterocycles. The van der Waals surface area contributed by atoms with Gasteiger partial charge in [0.05, 0.1) is 19.9 Å². The highest BCUT2D eigenvalue weighted by atomic mass is 79.9. The molecule has 0 saturated heterocycles. The summed E-state index contributed by atoms with van der Waals surface area (Å²) in [4.78, 5) is 0. The van der Waals surface area contributed by atoms with Gasteiger partial charge in [-0.05, 0) is 30.3 Å². The smallest absolute Gasteiger partial charge is 0.142 e. The highest BCUT2D eigenvalue weighted by molar-refractivity contribution is 9.10. The molecule has 2 rings (SSSR count). The molecule has 0 aliphatic heterocycles. The number of ether oxygens (including phenoxy) is 2. The van der Waals surface area contributed by atoms with Crippen LogP contribution in [0.25, 0.3) is 0 Å². The molecule has 2 aromatic carbocycles. The van der Waals surface area contributed by atoms with Crippen molar-refractivity contribution in [1.29, 1.82) is 0 Å². The molecule has 0 amide bonds. The Morgan fingerprint density at radius 2 is 1.90 bits per heavy atom. The fourth-order valence-electron chi connectivity index (χ4n) is 1.83. The van der Waals surface area contributed by atoms with Gasteiger partial charge in [0, 0.05) is 22.6 Å². The van der Waals surface area contributed by atoms with Crippen LogP contribution < -0.4 is 14.8 Å². The standard InChI is InChI=1S/C15H16BrNO3/c1-19-12-5-3-10(14(18)8-12)9-17-13-7-11(16)4-6-15(13)20-2/h3-8,17-18H,9H2,1-2H3. The van der Waals surface area contributed by atoms with Crippen LogP contribution in [-0.4, -0.2) is 19.3 Å². The highest BCUT2D eigenvalue weighted by Gasteiger charge is 2.06. The van der Waals surface area contributed by atoms with E-state index in [1.165, 1.54) is 0 Å². The van der Waals surface area contributed by atoms with Crippen molar-refractivity contribution in [1.82, 2.24) is 0 Å². The molecular formula is C15H16BrNO3. The zero-order chi connectivity index (χ0) is 14.5. The quantitative estimate of drug-likeness (QED) is 0.871. The molecule has 0 aliphatic rings. The minimum absolute atomic E-state index is 0.200. The fourth-order valence-corrected chi connectivity index (χ4v) is 2.19. The summed E-state index contributed by atoms with van der Waals surface area (Å²) < 4.78 is 11.3. The molecule has 5 heteroatoms. The van der Waals surface area contributed by atoms with Crippen LogP contribution in [0.5, 0.6) is 17.2 Å². The molecule has 0 radical (unpaired) electrons. The van der Waals surface area contributed by atoms with Gasteiger partial charge in [-0.2, -0.15) is 0 Å². The van der Waals surface area contributed by atoms with Gasteiger partial charge >= 0.3 is 0 Å². The Morgan fingerprint density at radius 1 is 1.10 bits per heavy atom. The average molecular weight is 338 g/mol. The molecular weight excluding hydrogens is 322 g/mol. The molecule has 106 valence electrons. The van der Waals surface area contributed by atoms with E-state index in [-0.39, 0.29) is 5.75 Å². The van der Waals surface area contributed by atoms with Crippen LogP contribution in [0.2, 0.25) is 0 Å². The second kappa shape index (κ2) is 6.52. The van der Waals surface area contributed by atoms with E-state index < -0.39 is 0 Å². The molecule has 0 aromatic heterocycles. The summed E-state index contributed by atoms with van der Waals surface area (Å²) in [6, 6.07) is 10.9. The van der Waals surface area contributed by atoms with E-state index in [1.54, 1.807) is 20.3 Å². The number of aromatic hydroxyl groups is 1. The Morgan fingerprint density at radius 3 is 2.55 bits per heavy atom. The number of nitrogens with one attached hydrogen (secondary N) is 1. The van der Waals surface area contributed by atoms with Crippen LogP contribution >= 0.6 is 15.9 Å². The molecule has 0 spiro atoms. The minimum atomic E-state index is 0.200. The summed E-state index contributed by atoms with van der Waals surface area (Å²) in [5.74, 6) is 1.58. The Kier molecular flexibility index (Phi) is 4.74. The molecule has 0 saturated carbocycles. The number of anilines is 1. The van der Waals surface area contributed by atoms with Gasteiger partial charge in [-0.15, -0.1) is 0 Å². The predicted molar refractivity (Wildman–Crippen MR) is 82.7 cm³/mol. The van der Waals surface area contributed by atoms with E-state index >= 15 is 0 Å². The lowest BCUT2D eigenvalue weighted by molar-refractivity contribution is 0.406. The van der Waals surface area contributed by atoms with E-state index in [2.05, 4.69) is 21.2 Å². The van der Waals surface area contributed by atoms with Gasteiger partial charge in [-0.3, -0.25) is 0 Å². The average Bonchev–Trinajstić information content (AvgIpc) is 2.46. The molecule has 20 heavy (non-hydrogen) atoms. The Hall–Kier alpha value is -1.88. The number of methoxy groups -OCH3 is 2. The van der Waals surface area contributed by atoms with Crippen molar-refractivity contribution in [2.75, 3.05) is 19.5 Å². The van der Waals surface area contributed by atoms with Crippen LogP contribution in [0, 0.1) is 0 Å². The Balaban J connectivity index is 2.14. The largest absolute Gasteiger partial charge is 0.507 e. The van der Waals surface area contributed by atoms with E-state index in [0.717, 1.165) is 21.5 Å². The minimum Gasteiger partial charge on any atom is -0.507 e. The van der Waals surface area contributed by atoms with Gasteiger partial charge in [0.2, 0.25) is 0 Å². The van der Waals surface area contributed by atoms with Crippen molar-refractivity contribution in [2.45, 2.75) is 6.54 Å². The number of hydrogen-bond donors (Lipinski definition) is 2. The first-order chi connectivity index (χ1) is 9.63. The molecule has 0 atom stereocenters. The summed E-state index contributed by atoms with van der Waals surface area (Å²) in [5.41, 5.74) is 1.64. The van der Waals surface area contributed by atoms with Gasteiger partial charge in [0.15, 0.2) is 0 Å². The molecule has 0 aliphatic carbocycles. The third-order valence-electron chi connectivity index (χ3n) is 2.92. The highest BCUT2D eigenvalue weighted by Crippen LogP contribution is 2.30. The van der Waals surface area contributed by atoms with Gasteiger partial charge in [-0.25, -0.2) is 0 Å². The van der Waals surface area contributed by atoms with E-state index in [4.69, 9.17) is 9.47 Å². The Labute approximate surface area is 126 Å².